The van der Waals surface area contributed by atoms with Crippen LogP contribution in [-0.4, -0.2) is 38.0 Å². The largest absolute Gasteiger partial charge is 0.448 e. The number of aryl methyl sites for hydroxylation is 1. The first-order chi connectivity index (χ1) is 13.5. The molecule has 0 fully saturated rings. The van der Waals surface area contributed by atoms with Crippen LogP contribution in [0.5, 0.6) is 0 Å². The van der Waals surface area contributed by atoms with Crippen LogP contribution in [0.3, 0.4) is 0 Å². The minimum atomic E-state index is -0.659. The van der Waals surface area contributed by atoms with E-state index in [1.807, 2.05) is 18.5 Å². The van der Waals surface area contributed by atoms with Crippen molar-refractivity contribution >= 4 is 29.8 Å². The van der Waals surface area contributed by atoms with Gasteiger partial charge in [0, 0.05) is 18.2 Å². The molecule has 11 heteroatoms. The zero-order valence-corrected chi connectivity index (χ0v) is 15.7. The fourth-order valence-corrected chi connectivity index (χ4v) is 2.89. The zero-order valence-electron chi connectivity index (χ0n) is 14.9. The molecule has 0 saturated carbocycles. The van der Waals surface area contributed by atoms with Gasteiger partial charge in [0.2, 0.25) is 0 Å². The number of hydrogen-bond donors (Lipinski definition) is 3. The Bertz CT molecular complexity index is 1020. The van der Waals surface area contributed by atoms with E-state index in [1.165, 1.54) is 47.7 Å². The molecule has 0 radical (unpaired) electrons. The molecular weight excluding hydrogens is 384 g/mol. The average Bonchev–Trinajstić information content (AvgIpc) is 3.29. The third-order valence-corrected chi connectivity index (χ3v) is 4.67. The van der Waals surface area contributed by atoms with Crippen LogP contribution in [-0.2, 0) is 7.05 Å². The van der Waals surface area contributed by atoms with Gasteiger partial charge in [-0.05, 0) is 55.1 Å². The van der Waals surface area contributed by atoms with Gasteiger partial charge in [-0.3, -0.25) is 14.8 Å². The Kier molecular flexibility index (Phi) is 5.87. The van der Waals surface area contributed by atoms with Gasteiger partial charge in [-0.25, -0.2) is 10.9 Å². The van der Waals surface area contributed by atoms with Gasteiger partial charge in [0.25, 0.3) is 11.8 Å². The van der Waals surface area contributed by atoms with Crippen molar-refractivity contribution in [2.75, 3.05) is 0 Å². The molecule has 144 valence electrons. The molecule has 0 aliphatic carbocycles. The van der Waals surface area contributed by atoms with Crippen LogP contribution in [0, 0.1) is 6.92 Å². The van der Waals surface area contributed by atoms with Crippen LogP contribution in [0.1, 0.15) is 32.3 Å². The lowest BCUT2D eigenvalue weighted by atomic mass is 10.1. The van der Waals surface area contributed by atoms with Gasteiger partial charge in [0.05, 0.1) is 6.21 Å². The number of furan rings is 1. The molecule has 3 rings (SSSR count). The van der Waals surface area contributed by atoms with Crippen LogP contribution >= 0.6 is 11.8 Å². The van der Waals surface area contributed by atoms with Crippen molar-refractivity contribution in [1.82, 2.24) is 25.7 Å². The fourth-order valence-electron chi connectivity index (χ4n) is 2.08. The Balaban J connectivity index is 1.57. The standard InChI is InChI=1S/C17H16N6O4S/c1-10-19-21-17(23(10)2)28-14-8-7-13(27-14)9-18-20-15(24)11-3-5-12(6-4-11)16(25)22-26/h3-9,26H,1-2H3,(H,20,24)(H,22,25)/b18-9+. The summed E-state index contributed by atoms with van der Waals surface area (Å²) in [6.07, 6.45) is 1.37. The molecule has 0 spiro atoms. The summed E-state index contributed by atoms with van der Waals surface area (Å²) in [6, 6.07) is 9.19. The highest BCUT2D eigenvalue weighted by molar-refractivity contribution is 7.99. The Morgan fingerprint density at radius 1 is 1.14 bits per heavy atom. The lowest BCUT2D eigenvalue weighted by Gasteiger charge is -2.01. The van der Waals surface area contributed by atoms with Gasteiger partial charge in [-0.1, -0.05) is 0 Å². The summed E-state index contributed by atoms with van der Waals surface area (Å²) in [7, 11) is 1.86. The highest BCUT2D eigenvalue weighted by Crippen LogP contribution is 2.27. The van der Waals surface area contributed by atoms with E-state index >= 15 is 0 Å². The molecule has 0 aliphatic heterocycles. The maximum atomic E-state index is 12.0. The first-order valence-electron chi connectivity index (χ1n) is 7.99. The number of nitrogens with zero attached hydrogens (tertiary/aromatic N) is 4. The number of hydrazone groups is 1. The van der Waals surface area contributed by atoms with E-state index in [4.69, 9.17) is 9.62 Å². The monoisotopic (exact) mass is 400 g/mol. The number of hydroxylamine groups is 1. The summed E-state index contributed by atoms with van der Waals surface area (Å²) in [4.78, 5) is 23.3. The third kappa shape index (κ3) is 4.45. The van der Waals surface area contributed by atoms with Crippen molar-refractivity contribution in [3.05, 3.63) is 59.1 Å². The average molecular weight is 400 g/mol. The van der Waals surface area contributed by atoms with Crippen LogP contribution in [0.25, 0.3) is 0 Å². The predicted molar refractivity (Wildman–Crippen MR) is 99.3 cm³/mol. The lowest BCUT2D eigenvalue weighted by molar-refractivity contribution is 0.0706. The second kappa shape index (κ2) is 8.50. The van der Waals surface area contributed by atoms with Crippen molar-refractivity contribution in [3.63, 3.8) is 0 Å². The number of carbonyl (C=O) groups excluding carboxylic acids is 2. The molecule has 0 bridgehead atoms. The van der Waals surface area contributed by atoms with Crippen LogP contribution in [0.15, 0.2) is 56.2 Å². The second-order valence-corrected chi connectivity index (χ2v) is 6.54. The molecule has 28 heavy (non-hydrogen) atoms. The molecule has 2 aromatic heterocycles. The molecule has 3 N–H and O–H groups in total. The van der Waals surface area contributed by atoms with Crippen LogP contribution < -0.4 is 10.9 Å². The van der Waals surface area contributed by atoms with Gasteiger partial charge >= 0.3 is 0 Å². The summed E-state index contributed by atoms with van der Waals surface area (Å²) in [5.41, 5.74) is 4.42. The molecular formula is C17H16N6O4S. The number of hydrogen-bond acceptors (Lipinski definition) is 8. The minimum Gasteiger partial charge on any atom is -0.448 e. The van der Waals surface area contributed by atoms with Crippen molar-refractivity contribution in [1.29, 1.82) is 0 Å². The number of aromatic nitrogens is 3. The highest BCUT2D eigenvalue weighted by Gasteiger charge is 2.10. The summed E-state index contributed by atoms with van der Waals surface area (Å²) in [5.74, 6) is 0.135. The van der Waals surface area contributed by atoms with E-state index in [9.17, 15) is 9.59 Å². The third-order valence-electron chi connectivity index (χ3n) is 3.72. The minimum absolute atomic E-state index is 0.223. The van der Waals surface area contributed by atoms with Gasteiger partial charge < -0.3 is 8.98 Å². The predicted octanol–water partition coefficient (Wildman–Crippen LogP) is 1.75. The molecule has 0 unspecified atom stereocenters. The zero-order chi connectivity index (χ0) is 20.1. The molecule has 0 atom stereocenters. The van der Waals surface area contributed by atoms with Gasteiger partial charge in [-0.2, -0.15) is 5.10 Å². The highest BCUT2D eigenvalue weighted by atomic mass is 32.2. The van der Waals surface area contributed by atoms with Gasteiger partial charge in [-0.15, -0.1) is 10.2 Å². The summed E-state index contributed by atoms with van der Waals surface area (Å²) in [6.45, 7) is 1.86. The Morgan fingerprint density at radius 2 is 1.82 bits per heavy atom. The summed E-state index contributed by atoms with van der Waals surface area (Å²) >= 11 is 1.32. The van der Waals surface area contributed by atoms with E-state index in [2.05, 4.69) is 20.7 Å². The Hall–Kier alpha value is -3.44. The van der Waals surface area contributed by atoms with E-state index in [0.717, 1.165) is 5.82 Å². The van der Waals surface area contributed by atoms with Crippen molar-refractivity contribution in [2.45, 2.75) is 17.2 Å². The number of benzene rings is 1. The molecule has 1 aromatic carbocycles. The fraction of sp³-hybridized carbons (Fsp3) is 0.118. The van der Waals surface area contributed by atoms with Crippen molar-refractivity contribution < 1.29 is 19.2 Å². The first-order valence-corrected chi connectivity index (χ1v) is 8.81. The van der Waals surface area contributed by atoms with Crippen LogP contribution in [0.2, 0.25) is 0 Å². The molecule has 3 aromatic rings. The molecule has 2 amide bonds. The smallest absolute Gasteiger partial charge is 0.274 e. The molecule has 0 saturated heterocycles. The van der Waals surface area contributed by atoms with E-state index in [0.29, 0.717) is 21.6 Å². The van der Waals surface area contributed by atoms with Crippen LogP contribution in [0.4, 0.5) is 0 Å². The Labute approximate surface area is 163 Å². The second-order valence-electron chi connectivity index (χ2n) is 5.57. The Morgan fingerprint density at radius 3 is 2.43 bits per heavy atom. The normalized spacial score (nSPS) is 11.0. The number of nitrogens with one attached hydrogen (secondary N) is 2. The van der Waals surface area contributed by atoms with Crippen molar-refractivity contribution in [2.24, 2.45) is 12.1 Å². The van der Waals surface area contributed by atoms with E-state index in [-0.39, 0.29) is 5.56 Å². The topological polar surface area (TPSA) is 135 Å². The number of rotatable bonds is 6. The lowest BCUT2D eigenvalue weighted by Crippen LogP contribution is -2.20. The number of carbonyl (C=O) groups is 2. The number of amides is 2. The van der Waals surface area contributed by atoms with Gasteiger partial charge in [0.15, 0.2) is 10.2 Å². The maximum Gasteiger partial charge on any atom is 0.274 e. The quantitative estimate of drug-likeness (QED) is 0.326. The van der Waals surface area contributed by atoms with E-state index in [1.54, 1.807) is 12.1 Å². The summed E-state index contributed by atoms with van der Waals surface area (Å²) in [5, 5.41) is 21.8. The molecule has 2 heterocycles. The maximum absolute atomic E-state index is 12.0. The van der Waals surface area contributed by atoms with Crippen molar-refractivity contribution in [3.8, 4) is 0 Å². The van der Waals surface area contributed by atoms with E-state index < -0.39 is 11.8 Å². The SMILES string of the molecule is Cc1nnc(Sc2ccc(/C=N/NC(=O)c3ccc(C(=O)NO)cc3)o2)n1C. The molecule has 10 nitrogen and oxygen atoms in total. The van der Waals surface area contributed by atoms with Gasteiger partial charge in [0.1, 0.15) is 11.6 Å². The first kappa shape index (κ1) is 19.3. The summed E-state index contributed by atoms with van der Waals surface area (Å²) < 4.78 is 7.45. The molecule has 0 aliphatic rings.